The Balaban J connectivity index is 1.59. The van der Waals surface area contributed by atoms with E-state index in [0.717, 1.165) is 19.5 Å². The van der Waals surface area contributed by atoms with Gasteiger partial charge in [-0.3, -0.25) is 19.7 Å². The quantitative estimate of drug-likeness (QED) is 0.873. The maximum atomic E-state index is 12.6. The van der Waals surface area contributed by atoms with Crippen LogP contribution in [-0.2, 0) is 0 Å². The summed E-state index contributed by atoms with van der Waals surface area (Å²) >= 11 is 1.34. The van der Waals surface area contributed by atoms with Crippen LogP contribution in [0.4, 0.5) is 0 Å². The standard InChI is InChI=1S/C16H21N5O2S/c1-2-12(22)11-20-5-7-21(8-6-20)16(23)14-10-19-15(24-14)13-9-17-3-4-18-13/h3-4,9-10,12,22H,2,5-8,11H2,1H3. The topological polar surface area (TPSA) is 82.5 Å². The summed E-state index contributed by atoms with van der Waals surface area (Å²) in [6, 6.07) is 0. The highest BCUT2D eigenvalue weighted by Crippen LogP contribution is 2.24. The minimum absolute atomic E-state index is 0.0123. The van der Waals surface area contributed by atoms with Crippen molar-refractivity contribution >= 4 is 17.2 Å². The fourth-order valence-electron chi connectivity index (χ4n) is 2.62. The third-order valence-electron chi connectivity index (χ3n) is 4.10. The van der Waals surface area contributed by atoms with Crippen LogP contribution >= 0.6 is 11.3 Å². The predicted octanol–water partition coefficient (Wildman–Crippen LogP) is 1.13. The first-order valence-corrected chi connectivity index (χ1v) is 8.91. The zero-order chi connectivity index (χ0) is 16.9. The summed E-state index contributed by atoms with van der Waals surface area (Å²) in [5.74, 6) is 0.0123. The lowest BCUT2D eigenvalue weighted by molar-refractivity contribution is 0.0527. The maximum Gasteiger partial charge on any atom is 0.265 e. The van der Waals surface area contributed by atoms with Crippen LogP contribution in [0.2, 0.25) is 0 Å². The Hall–Kier alpha value is -1.90. The molecule has 2 aromatic heterocycles. The minimum atomic E-state index is -0.289. The number of aliphatic hydroxyl groups excluding tert-OH is 1. The van der Waals surface area contributed by atoms with Crippen molar-refractivity contribution in [2.24, 2.45) is 0 Å². The number of aromatic nitrogens is 3. The van der Waals surface area contributed by atoms with Gasteiger partial charge in [-0.2, -0.15) is 0 Å². The monoisotopic (exact) mass is 347 g/mol. The van der Waals surface area contributed by atoms with E-state index in [4.69, 9.17) is 0 Å². The first-order chi connectivity index (χ1) is 11.7. The summed E-state index contributed by atoms with van der Waals surface area (Å²) in [7, 11) is 0. The van der Waals surface area contributed by atoms with Gasteiger partial charge in [0.2, 0.25) is 0 Å². The lowest BCUT2D eigenvalue weighted by atomic mass is 10.2. The molecule has 0 aliphatic carbocycles. The molecule has 0 radical (unpaired) electrons. The molecular weight excluding hydrogens is 326 g/mol. The molecule has 24 heavy (non-hydrogen) atoms. The molecule has 8 heteroatoms. The van der Waals surface area contributed by atoms with Crippen LogP contribution in [0.15, 0.2) is 24.8 Å². The molecule has 2 aromatic rings. The third kappa shape index (κ3) is 3.95. The van der Waals surface area contributed by atoms with Gasteiger partial charge < -0.3 is 10.0 Å². The van der Waals surface area contributed by atoms with E-state index in [1.165, 1.54) is 11.3 Å². The molecule has 0 aromatic carbocycles. The number of thiazole rings is 1. The van der Waals surface area contributed by atoms with E-state index >= 15 is 0 Å². The van der Waals surface area contributed by atoms with Gasteiger partial charge in [-0.1, -0.05) is 6.92 Å². The van der Waals surface area contributed by atoms with Crippen molar-refractivity contribution in [1.29, 1.82) is 0 Å². The summed E-state index contributed by atoms with van der Waals surface area (Å²) in [5.41, 5.74) is 0.680. The molecule has 1 amide bonds. The molecule has 1 N–H and O–H groups in total. The number of carbonyl (C=O) groups is 1. The Morgan fingerprint density at radius 2 is 2.04 bits per heavy atom. The van der Waals surface area contributed by atoms with Gasteiger partial charge in [-0.05, 0) is 6.42 Å². The molecule has 1 atom stereocenters. The number of piperazine rings is 1. The largest absolute Gasteiger partial charge is 0.392 e. The number of hydrogen-bond acceptors (Lipinski definition) is 7. The zero-order valence-corrected chi connectivity index (χ0v) is 14.4. The number of amides is 1. The van der Waals surface area contributed by atoms with Crippen LogP contribution in [0, 0.1) is 0 Å². The molecule has 0 spiro atoms. The predicted molar refractivity (Wildman–Crippen MR) is 91.8 cm³/mol. The summed E-state index contributed by atoms with van der Waals surface area (Å²) < 4.78 is 0. The van der Waals surface area contributed by atoms with Crippen molar-refractivity contribution < 1.29 is 9.90 Å². The molecule has 1 unspecified atom stereocenters. The van der Waals surface area contributed by atoms with Gasteiger partial charge in [-0.25, -0.2) is 4.98 Å². The SMILES string of the molecule is CCC(O)CN1CCN(C(=O)c2cnc(-c3cnccn3)s2)CC1. The fraction of sp³-hybridized carbons (Fsp3) is 0.500. The second-order valence-electron chi connectivity index (χ2n) is 5.78. The van der Waals surface area contributed by atoms with E-state index in [1.54, 1.807) is 24.8 Å². The molecule has 1 saturated heterocycles. The van der Waals surface area contributed by atoms with Crippen LogP contribution in [0.1, 0.15) is 23.0 Å². The maximum absolute atomic E-state index is 12.6. The van der Waals surface area contributed by atoms with E-state index in [0.29, 0.717) is 35.2 Å². The average molecular weight is 347 g/mol. The molecule has 1 fully saturated rings. The summed E-state index contributed by atoms with van der Waals surface area (Å²) in [6.07, 6.45) is 6.95. The van der Waals surface area contributed by atoms with Crippen LogP contribution < -0.4 is 0 Å². The summed E-state index contributed by atoms with van der Waals surface area (Å²) in [5, 5.41) is 10.4. The van der Waals surface area contributed by atoms with Gasteiger partial charge >= 0.3 is 0 Å². The van der Waals surface area contributed by atoms with Crippen molar-refractivity contribution in [3.05, 3.63) is 29.7 Å². The molecule has 0 saturated carbocycles. The zero-order valence-electron chi connectivity index (χ0n) is 13.6. The van der Waals surface area contributed by atoms with E-state index in [2.05, 4.69) is 19.9 Å². The molecule has 128 valence electrons. The van der Waals surface area contributed by atoms with Crippen molar-refractivity contribution in [2.75, 3.05) is 32.7 Å². The lowest BCUT2D eigenvalue weighted by Crippen LogP contribution is -2.50. The van der Waals surface area contributed by atoms with Gasteiger partial charge in [0.25, 0.3) is 5.91 Å². The average Bonchev–Trinajstić information content (AvgIpc) is 3.12. The van der Waals surface area contributed by atoms with E-state index in [9.17, 15) is 9.90 Å². The first kappa shape index (κ1) is 16.9. The lowest BCUT2D eigenvalue weighted by Gasteiger charge is -2.35. The van der Waals surface area contributed by atoms with Crippen molar-refractivity contribution in [1.82, 2.24) is 24.8 Å². The van der Waals surface area contributed by atoms with Gasteiger partial charge in [0.15, 0.2) is 0 Å². The number of carbonyl (C=O) groups excluding carboxylic acids is 1. The highest BCUT2D eigenvalue weighted by Gasteiger charge is 2.24. The van der Waals surface area contributed by atoms with Crippen LogP contribution in [0.3, 0.4) is 0 Å². The molecule has 1 aliphatic heterocycles. The minimum Gasteiger partial charge on any atom is -0.392 e. The Bertz CT molecular complexity index is 670. The summed E-state index contributed by atoms with van der Waals surface area (Å²) in [6.45, 7) is 5.58. The number of β-amino-alcohol motifs (C(OH)–C–C–N with tert-alkyl or cyclic N) is 1. The highest BCUT2D eigenvalue weighted by atomic mass is 32.1. The molecule has 3 heterocycles. The van der Waals surface area contributed by atoms with Crippen molar-refractivity contribution in [3.8, 4) is 10.7 Å². The van der Waals surface area contributed by atoms with E-state index in [1.807, 2.05) is 11.8 Å². The second kappa shape index (κ2) is 7.78. The Kier molecular flexibility index (Phi) is 5.49. The number of aliphatic hydroxyl groups is 1. The second-order valence-corrected chi connectivity index (χ2v) is 6.81. The first-order valence-electron chi connectivity index (χ1n) is 8.09. The third-order valence-corrected chi connectivity index (χ3v) is 5.11. The number of rotatable bonds is 5. The Morgan fingerprint density at radius 3 is 2.71 bits per heavy atom. The fourth-order valence-corrected chi connectivity index (χ4v) is 3.46. The van der Waals surface area contributed by atoms with Crippen LogP contribution in [-0.4, -0.2) is 74.6 Å². The smallest absolute Gasteiger partial charge is 0.265 e. The molecule has 3 rings (SSSR count). The summed E-state index contributed by atoms with van der Waals surface area (Å²) in [4.78, 5) is 29.8. The van der Waals surface area contributed by atoms with Gasteiger partial charge in [0.1, 0.15) is 15.6 Å². The van der Waals surface area contributed by atoms with Crippen LogP contribution in [0.5, 0.6) is 0 Å². The Morgan fingerprint density at radius 1 is 1.25 bits per heavy atom. The molecule has 0 bridgehead atoms. The molecular formula is C16H21N5O2S. The van der Waals surface area contributed by atoms with Crippen LogP contribution in [0.25, 0.3) is 10.7 Å². The highest BCUT2D eigenvalue weighted by molar-refractivity contribution is 7.16. The molecule has 1 aliphatic rings. The molecule has 7 nitrogen and oxygen atoms in total. The van der Waals surface area contributed by atoms with Crippen molar-refractivity contribution in [3.63, 3.8) is 0 Å². The van der Waals surface area contributed by atoms with Gasteiger partial charge in [0, 0.05) is 45.1 Å². The number of hydrogen-bond donors (Lipinski definition) is 1. The van der Waals surface area contributed by atoms with E-state index in [-0.39, 0.29) is 12.0 Å². The van der Waals surface area contributed by atoms with Crippen molar-refractivity contribution in [2.45, 2.75) is 19.4 Å². The van der Waals surface area contributed by atoms with Gasteiger partial charge in [-0.15, -0.1) is 11.3 Å². The number of nitrogens with zero attached hydrogens (tertiary/aromatic N) is 5. The Labute approximate surface area is 145 Å². The normalized spacial score (nSPS) is 17.0. The van der Waals surface area contributed by atoms with Gasteiger partial charge in [0.05, 0.1) is 18.5 Å². The van der Waals surface area contributed by atoms with E-state index < -0.39 is 0 Å².